The monoisotopic (exact) mass is 490 g/mol. The van der Waals surface area contributed by atoms with Crippen LogP contribution in [0, 0.1) is 0 Å². The summed E-state index contributed by atoms with van der Waals surface area (Å²) in [4.78, 5) is 21.8. The van der Waals surface area contributed by atoms with Crippen molar-refractivity contribution in [2.45, 2.75) is 11.3 Å². The summed E-state index contributed by atoms with van der Waals surface area (Å²) in [7, 11) is -3.69. The minimum Gasteiger partial charge on any atom is -0.483 e. The van der Waals surface area contributed by atoms with Gasteiger partial charge in [-0.25, -0.2) is 13.4 Å². The Bertz CT molecular complexity index is 1430. The Kier molecular flexibility index (Phi) is 6.52. The highest BCUT2D eigenvalue weighted by molar-refractivity contribution is 7.89. The summed E-state index contributed by atoms with van der Waals surface area (Å²) >= 11 is 0. The molecule has 0 atom stereocenters. The first-order chi connectivity index (χ1) is 17.0. The predicted octanol–water partition coefficient (Wildman–Crippen LogP) is 3.07. The van der Waals surface area contributed by atoms with Crippen LogP contribution in [0.1, 0.15) is 11.1 Å². The van der Waals surface area contributed by atoms with E-state index in [9.17, 15) is 13.2 Å². The molecule has 1 amide bonds. The van der Waals surface area contributed by atoms with Crippen LogP contribution in [0.2, 0.25) is 0 Å². The molecule has 0 radical (unpaired) electrons. The highest BCUT2D eigenvalue weighted by atomic mass is 32.2. The number of rotatable bonds is 7. The Hall–Kier alpha value is -3.69. The first-order valence-electron chi connectivity index (χ1n) is 11.5. The summed E-state index contributed by atoms with van der Waals surface area (Å²) in [5, 5.41) is 0.563. The van der Waals surface area contributed by atoms with Crippen LogP contribution in [0.3, 0.4) is 0 Å². The number of piperazine rings is 1. The van der Waals surface area contributed by atoms with Crippen molar-refractivity contribution in [1.29, 1.82) is 0 Å². The summed E-state index contributed by atoms with van der Waals surface area (Å²) in [6.07, 6.45) is 3.80. The van der Waals surface area contributed by atoms with Crippen molar-refractivity contribution < 1.29 is 17.9 Å². The fourth-order valence-corrected chi connectivity index (χ4v) is 5.87. The number of hydrogen-bond donors (Lipinski definition) is 1. The van der Waals surface area contributed by atoms with E-state index in [1.165, 1.54) is 10.5 Å². The van der Waals surface area contributed by atoms with Crippen LogP contribution in [-0.4, -0.2) is 66.3 Å². The first-order valence-corrected chi connectivity index (χ1v) is 12.9. The maximum Gasteiger partial charge on any atom is 0.260 e. The lowest BCUT2D eigenvalue weighted by atomic mass is 10.0. The molecule has 3 heterocycles. The average molecular weight is 491 g/mol. The van der Waals surface area contributed by atoms with Gasteiger partial charge in [0, 0.05) is 50.4 Å². The molecule has 180 valence electrons. The van der Waals surface area contributed by atoms with Gasteiger partial charge in [-0.3, -0.25) is 4.79 Å². The second-order valence-electron chi connectivity index (χ2n) is 8.40. The number of nitrogens with one attached hydrogen (secondary N) is 1. The molecule has 35 heavy (non-hydrogen) atoms. The maximum absolute atomic E-state index is 13.2. The van der Waals surface area contributed by atoms with E-state index in [2.05, 4.69) is 22.1 Å². The number of carbonyl (C=O) groups excluding carboxylic acids is 1. The highest BCUT2D eigenvalue weighted by Gasteiger charge is 2.32. The number of para-hydroxylation sites is 1. The lowest BCUT2D eigenvalue weighted by Crippen LogP contribution is -2.51. The Balaban J connectivity index is 1.19. The maximum atomic E-state index is 13.2. The number of pyridine rings is 1. The SMILES string of the molecule is O=C(COc1ccccc1Cc1ccccc1)N1CCN(S(=O)(=O)c2c[nH]c3ncccc23)CC1. The van der Waals surface area contributed by atoms with Gasteiger partial charge in [-0.05, 0) is 29.3 Å². The molecular weight excluding hydrogens is 464 g/mol. The number of nitrogens with zero attached hydrogens (tertiary/aromatic N) is 3. The van der Waals surface area contributed by atoms with Crippen LogP contribution in [0.25, 0.3) is 11.0 Å². The van der Waals surface area contributed by atoms with Gasteiger partial charge in [-0.2, -0.15) is 4.31 Å². The molecular formula is C26H26N4O4S. The van der Waals surface area contributed by atoms with Gasteiger partial charge in [0.2, 0.25) is 10.0 Å². The molecule has 2 aromatic carbocycles. The fourth-order valence-electron chi connectivity index (χ4n) is 4.30. The normalized spacial score (nSPS) is 14.8. The lowest BCUT2D eigenvalue weighted by molar-refractivity contribution is -0.134. The van der Waals surface area contributed by atoms with Crippen molar-refractivity contribution in [2.75, 3.05) is 32.8 Å². The quantitative estimate of drug-likeness (QED) is 0.430. The number of carbonyl (C=O) groups is 1. The van der Waals surface area contributed by atoms with Crippen molar-refractivity contribution in [2.24, 2.45) is 0 Å². The largest absolute Gasteiger partial charge is 0.483 e. The number of fused-ring (bicyclic) bond motifs is 1. The Morgan fingerprint density at radius 2 is 1.69 bits per heavy atom. The van der Waals surface area contributed by atoms with Gasteiger partial charge < -0.3 is 14.6 Å². The number of sulfonamides is 1. The third-order valence-corrected chi connectivity index (χ3v) is 8.12. The second-order valence-corrected chi connectivity index (χ2v) is 10.3. The zero-order valence-electron chi connectivity index (χ0n) is 19.1. The van der Waals surface area contributed by atoms with Crippen molar-refractivity contribution in [1.82, 2.24) is 19.2 Å². The van der Waals surface area contributed by atoms with Gasteiger partial charge in [0.25, 0.3) is 5.91 Å². The third-order valence-electron chi connectivity index (χ3n) is 6.18. The second kappa shape index (κ2) is 9.89. The summed E-state index contributed by atoms with van der Waals surface area (Å²) in [6.45, 7) is 0.991. The molecule has 0 spiro atoms. The summed E-state index contributed by atoms with van der Waals surface area (Å²) in [6, 6.07) is 21.2. The van der Waals surface area contributed by atoms with E-state index in [0.717, 1.165) is 11.1 Å². The molecule has 1 aliphatic rings. The van der Waals surface area contributed by atoms with Gasteiger partial charge >= 0.3 is 0 Å². The van der Waals surface area contributed by atoms with Crippen LogP contribution in [0.5, 0.6) is 5.75 Å². The topological polar surface area (TPSA) is 95.6 Å². The minimum atomic E-state index is -3.69. The van der Waals surface area contributed by atoms with Gasteiger partial charge in [0.05, 0.1) is 0 Å². The van der Waals surface area contributed by atoms with Crippen LogP contribution in [-0.2, 0) is 21.2 Å². The number of H-pyrrole nitrogens is 1. The molecule has 0 unspecified atom stereocenters. The number of aromatic nitrogens is 2. The molecule has 9 heteroatoms. The van der Waals surface area contributed by atoms with Gasteiger partial charge in [0.1, 0.15) is 16.3 Å². The zero-order chi connectivity index (χ0) is 24.3. The Morgan fingerprint density at radius 3 is 2.49 bits per heavy atom. The first kappa shape index (κ1) is 23.1. The minimum absolute atomic E-state index is 0.0906. The summed E-state index contributed by atoms with van der Waals surface area (Å²) in [5.74, 6) is 0.520. The van der Waals surface area contributed by atoms with Crippen molar-refractivity contribution in [3.05, 3.63) is 90.3 Å². The van der Waals surface area contributed by atoms with Crippen LogP contribution in [0.15, 0.2) is 84.0 Å². The number of amides is 1. The van der Waals surface area contributed by atoms with Crippen molar-refractivity contribution in [3.63, 3.8) is 0 Å². The smallest absolute Gasteiger partial charge is 0.260 e. The van der Waals surface area contributed by atoms with Gasteiger partial charge in [0.15, 0.2) is 6.61 Å². The van der Waals surface area contributed by atoms with E-state index in [4.69, 9.17) is 4.74 Å². The molecule has 4 aromatic rings. The van der Waals surface area contributed by atoms with E-state index in [1.807, 2.05) is 42.5 Å². The molecule has 1 fully saturated rings. The van der Waals surface area contributed by atoms with Gasteiger partial charge in [-0.15, -0.1) is 0 Å². The molecule has 2 aromatic heterocycles. The van der Waals surface area contributed by atoms with Crippen LogP contribution in [0.4, 0.5) is 0 Å². The highest BCUT2D eigenvalue weighted by Crippen LogP contribution is 2.25. The number of aromatic amines is 1. The molecule has 0 bridgehead atoms. The molecule has 0 aliphatic carbocycles. The number of ether oxygens (including phenoxy) is 1. The average Bonchev–Trinajstić information content (AvgIpc) is 3.34. The predicted molar refractivity (Wildman–Crippen MR) is 133 cm³/mol. The van der Waals surface area contributed by atoms with E-state index in [0.29, 0.717) is 36.3 Å². The third kappa shape index (κ3) is 4.91. The van der Waals surface area contributed by atoms with E-state index in [-0.39, 0.29) is 30.5 Å². The lowest BCUT2D eigenvalue weighted by Gasteiger charge is -2.33. The van der Waals surface area contributed by atoms with Gasteiger partial charge in [-0.1, -0.05) is 48.5 Å². The number of benzene rings is 2. The van der Waals surface area contributed by atoms with Crippen molar-refractivity contribution in [3.8, 4) is 5.75 Å². The molecule has 1 N–H and O–H groups in total. The standard InChI is InChI=1S/C26H26N4O4S/c31-25(19-34-23-11-5-4-9-21(23)17-20-7-2-1-3-8-20)29-13-15-30(16-14-29)35(32,33)24-18-28-26-22(24)10-6-12-27-26/h1-12,18H,13-17,19H2,(H,27,28). The van der Waals surface area contributed by atoms with Crippen LogP contribution >= 0.6 is 0 Å². The fraction of sp³-hybridized carbons (Fsp3) is 0.231. The molecule has 0 saturated carbocycles. The molecule has 5 rings (SSSR count). The zero-order valence-corrected chi connectivity index (χ0v) is 19.9. The van der Waals surface area contributed by atoms with E-state index in [1.54, 1.807) is 23.2 Å². The summed E-state index contributed by atoms with van der Waals surface area (Å²) < 4.78 is 33.7. The van der Waals surface area contributed by atoms with Crippen LogP contribution < -0.4 is 4.74 Å². The Labute approximate surface area is 204 Å². The molecule has 1 aliphatic heterocycles. The van der Waals surface area contributed by atoms with Crippen molar-refractivity contribution >= 4 is 27.0 Å². The molecule has 1 saturated heterocycles. The molecule has 8 nitrogen and oxygen atoms in total. The Morgan fingerprint density at radius 1 is 0.943 bits per heavy atom. The van der Waals surface area contributed by atoms with E-state index < -0.39 is 10.0 Å². The summed E-state index contributed by atoms with van der Waals surface area (Å²) in [5.41, 5.74) is 2.71. The number of hydrogen-bond acceptors (Lipinski definition) is 5. The van der Waals surface area contributed by atoms with E-state index >= 15 is 0 Å².